The van der Waals surface area contributed by atoms with Crippen LogP contribution in [0.5, 0.6) is 0 Å². The number of rotatable bonds is 7. The standard InChI is InChI=1S/C17H29N7O/c1-11(10-15-12(2)22-24(6)13(15)3)20-17(18-5)19-9-7-8-16-21-14(4)23-25-16/h11H,7-10H2,1-6H3,(H2,18,19,20). The van der Waals surface area contributed by atoms with Crippen molar-refractivity contribution in [1.82, 2.24) is 30.6 Å². The van der Waals surface area contributed by atoms with Gasteiger partial charge in [0.25, 0.3) is 0 Å². The number of hydrogen-bond acceptors (Lipinski definition) is 5. The van der Waals surface area contributed by atoms with E-state index in [2.05, 4.69) is 51.6 Å². The molecule has 1 atom stereocenters. The highest BCUT2D eigenvalue weighted by Gasteiger charge is 2.14. The van der Waals surface area contributed by atoms with Crippen molar-refractivity contribution in [3.8, 4) is 0 Å². The van der Waals surface area contributed by atoms with Crippen LogP contribution >= 0.6 is 0 Å². The number of hydrogen-bond donors (Lipinski definition) is 2. The Labute approximate surface area is 149 Å². The van der Waals surface area contributed by atoms with E-state index in [9.17, 15) is 0 Å². The molecule has 25 heavy (non-hydrogen) atoms. The Morgan fingerprint density at radius 3 is 2.64 bits per heavy atom. The molecule has 0 saturated heterocycles. The van der Waals surface area contributed by atoms with Crippen molar-refractivity contribution < 1.29 is 4.52 Å². The third kappa shape index (κ3) is 5.30. The number of aryl methyl sites for hydroxylation is 4. The molecule has 0 aliphatic rings. The first-order valence-electron chi connectivity index (χ1n) is 8.66. The highest BCUT2D eigenvalue weighted by atomic mass is 16.5. The minimum Gasteiger partial charge on any atom is -0.356 e. The van der Waals surface area contributed by atoms with E-state index in [1.807, 2.05) is 18.7 Å². The molecule has 2 heterocycles. The summed E-state index contributed by atoms with van der Waals surface area (Å²) in [5.41, 5.74) is 3.60. The van der Waals surface area contributed by atoms with Crippen molar-refractivity contribution in [2.24, 2.45) is 12.0 Å². The fraction of sp³-hybridized carbons (Fsp3) is 0.647. The third-order valence-corrected chi connectivity index (χ3v) is 4.21. The van der Waals surface area contributed by atoms with E-state index < -0.39 is 0 Å². The number of nitrogens with one attached hydrogen (secondary N) is 2. The highest BCUT2D eigenvalue weighted by molar-refractivity contribution is 5.79. The van der Waals surface area contributed by atoms with Crippen molar-refractivity contribution in [2.75, 3.05) is 13.6 Å². The van der Waals surface area contributed by atoms with Crippen LogP contribution in [0.4, 0.5) is 0 Å². The average molecular weight is 347 g/mol. The molecule has 8 nitrogen and oxygen atoms in total. The molecule has 2 aromatic heterocycles. The van der Waals surface area contributed by atoms with Gasteiger partial charge in [0.05, 0.1) is 5.69 Å². The maximum absolute atomic E-state index is 5.11. The minimum atomic E-state index is 0.256. The molecule has 0 aromatic carbocycles. The Morgan fingerprint density at radius 1 is 1.32 bits per heavy atom. The van der Waals surface area contributed by atoms with Gasteiger partial charge in [0, 0.05) is 38.8 Å². The highest BCUT2D eigenvalue weighted by Crippen LogP contribution is 2.14. The summed E-state index contributed by atoms with van der Waals surface area (Å²) in [6.45, 7) is 8.93. The SMILES string of the molecule is CN=C(NCCCc1nc(C)no1)NC(C)Cc1c(C)nn(C)c1C. The maximum atomic E-state index is 5.11. The molecule has 0 fully saturated rings. The van der Waals surface area contributed by atoms with Gasteiger partial charge < -0.3 is 15.2 Å². The van der Waals surface area contributed by atoms with Crippen LogP contribution in [0.1, 0.15) is 42.0 Å². The summed E-state index contributed by atoms with van der Waals surface area (Å²) in [6.07, 6.45) is 2.57. The molecule has 1 unspecified atom stereocenters. The van der Waals surface area contributed by atoms with Gasteiger partial charge in [-0.15, -0.1) is 0 Å². The van der Waals surface area contributed by atoms with E-state index in [0.717, 1.165) is 37.5 Å². The Balaban J connectivity index is 1.77. The summed E-state index contributed by atoms with van der Waals surface area (Å²) < 4.78 is 7.04. The van der Waals surface area contributed by atoms with Gasteiger partial charge >= 0.3 is 0 Å². The van der Waals surface area contributed by atoms with Crippen LogP contribution in [0.25, 0.3) is 0 Å². The molecule has 0 radical (unpaired) electrons. The Hall–Kier alpha value is -2.38. The molecular formula is C17H29N7O. The quantitative estimate of drug-likeness (QED) is 0.447. The summed E-state index contributed by atoms with van der Waals surface area (Å²) in [6, 6.07) is 0.256. The molecule has 2 aromatic rings. The van der Waals surface area contributed by atoms with Crippen LogP contribution in [0.15, 0.2) is 9.52 Å². The molecule has 2 rings (SSSR count). The summed E-state index contributed by atoms with van der Waals surface area (Å²) >= 11 is 0. The zero-order valence-corrected chi connectivity index (χ0v) is 16.1. The van der Waals surface area contributed by atoms with E-state index in [1.54, 1.807) is 7.05 Å². The molecule has 0 saturated carbocycles. The Morgan fingerprint density at radius 2 is 2.08 bits per heavy atom. The number of aromatic nitrogens is 4. The molecule has 0 spiro atoms. The Bertz CT molecular complexity index is 717. The summed E-state index contributed by atoms with van der Waals surface area (Å²) in [5.74, 6) is 2.15. The predicted octanol–water partition coefficient (Wildman–Crippen LogP) is 1.46. The second kappa shape index (κ2) is 8.64. The van der Waals surface area contributed by atoms with Crippen molar-refractivity contribution in [3.63, 3.8) is 0 Å². The van der Waals surface area contributed by atoms with Gasteiger partial charge in [0.1, 0.15) is 0 Å². The van der Waals surface area contributed by atoms with Crippen LogP contribution in [0.3, 0.4) is 0 Å². The molecule has 0 bridgehead atoms. The van der Waals surface area contributed by atoms with Crippen LogP contribution in [0.2, 0.25) is 0 Å². The van der Waals surface area contributed by atoms with Crippen LogP contribution < -0.4 is 10.6 Å². The largest absolute Gasteiger partial charge is 0.356 e. The summed E-state index contributed by atoms with van der Waals surface area (Å²) in [5, 5.41) is 15.0. The zero-order chi connectivity index (χ0) is 18.4. The first kappa shape index (κ1) is 19.0. The van der Waals surface area contributed by atoms with E-state index >= 15 is 0 Å². The lowest BCUT2D eigenvalue weighted by molar-refractivity contribution is 0.372. The Kier molecular flexibility index (Phi) is 6.55. The van der Waals surface area contributed by atoms with Gasteiger partial charge in [-0.2, -0.15) is 10.1 Å². The molecule has 2 N–H and O–H groups in total. The maximum Gasteiger partial charge on any atom is 0.226 e. The normalized spacial score (nSPS) is 13.1. The molecule has 138 valence electrons. The van der Waals surface area contributed by atoms with Crippen LogP contribution in [-0.2, 0) is 19.9 Å². The number of nitrogens with zero attached hydrogens (tertiary/aromatic N) is 5. The van der Waals surface area contributed by atoms with E-state index in [1.165, 1.54) is 11.3 Å². The third-order valence-electron chi connectivity index (χ3n) is 4.21. The topological polar surface area (TPSA) is 93.2 Å². The van der Waals surface area contributed by atoms with Gasteiger partial charge in [-0.3, -0.25) is 9.67 Å². The van der Waals surface area contributed by atoms with E-state index in [4.69, 9.17) is 4.52 Å². The van der Waals surface area contributed by atoms with Crippen molar-refractivity contribution >= 4 is 5.96 Å². The zero-order valence-electron chi connectivity index (χ0n) is 16.1. The number of guanidine groups is 1. The second-order valence-corrected chi connectivity index (χ2v) is 6.36. The average Bonchev–Trinajstić information content (AvgIpc) is 3.08. The minimum absolute atomic E-state index is 0.256. The van der Waals surface area contributed by atoms with Gasteiger partial charge in [-0.05, 0) is 46.1 Å². The molecule has 0 amide bonds. The first-order valence-corrected chi connectivity index (χ1v) is 8.66. The molecular weight excluding hydrogens is 318 g/mol. The van der Waals surface area contributed by atoms with Crippen molar-refractivity contribution in [1.29, 1.82) is 0 Å². The van der Waals surface area contributed by atoms with Gasteiger partial charge in [-0.25, -0.2) is 0 Å². The predicted molar refractivity (Wildman–Crippen MR) is 97.7 cm³/mol. The smallest absolute Gasteiger partial charge is 0.226 e. The molecule has 0 aliphatic heterocycles. The fourth-order valence-corrected chi connectivity index (χ4v) is 2.79. The summed E-state index contributed by atoms with van der Waals surface area (Å²) in [4.78, 5) is 8.49. The van der Waals surface area contributed by atoms with Crippen LogP contribution in [0, 0.1) is 20.8 Å². The number of aliphatic imine (C=N–C) groups is 1. The van der Waals surface area contributed by atoms with Crippen LogP contribution in [-0.4, -0.2) is 45.5 Å². The van der Waals surface area contributed by atoms with E-state index in [-0.39, 0.29) is 6.04 Å². The van der Waals surface area contributed by atoms with Gasteiger partial charge in [-0.1, -0.05) is 5.16 Å². The molecule has 0 aliphatic carbocycles. The van der Waals surface area contributed by atoms with Crippen molar-refractivity contribution in [3.05, 3.63) is 28.7 Å². The molecule has 8 heteroatoms. The van der Waals surface area contributed by atoms with Gasteiger partial charge in [0.2, 0.25) is 5.89 Å². The van der Waals surface area contributed by atoms with Crippen molar-refractivity contribution in [2.45, 2.75) is 53.0 Å². The lowest BCUT2D eigenvalue weighted by Gasteiger charge is -2.18. The van der Waals surface area contributed by atoms with E-state index in [0.29, 0.717) is 11.7 Å². The fourth-order valence-electron chi connectivity index (χ4n) is 2.79. The lowest BCUT2D eigenvalue weighted by Crippen LogP contribution is -2.43. The second-order valence-electron chi connectivity index (χ2n) is 6.36. The van der Waals surface area contributed by atoms with Gasteiger partial charge in [0.15, 0.2) is 11.8 Å². The first-order chi connectivity index (χ1) is 11.9. The lowest BCUT2D eigenvalue weighted by atomic mass is 10.1. The summed E-state index contributed by atoms with van der Waals surface area (Å²) in [7, 11) is 3.76. The monoisotopic (exact) mass is 347 g/mol.